The SMILES string of the molecule is CC(CN1CCCC1=O)NC(=O)C1=NNC(=O)CC1. The van der Waals surface area contributed by atoms with Gasteiger partial charge in [-0.2, -0.15) is 5.10 Å². The van der Waals surface area contributed by atoms with Gasteiger partial charge in [-0.3, -0.25) is 14.4 Å². The summed E-state index contributed by atoms with van der Waals surface area (Å²) in [6.45, 7) is 3.13. The third kappa shape index (κ3) is 3.52. The van der Waals surface area contributed by atoms with Crippen molar-refractivity contribution in [1.29, 1.82) is 0 Å². The molecule has 0 aromatic heterocycles. The van der Waals surface area contributed by atoms with Crippen molar-refractivity contribution >= 4 is 23.4 Å². The van der Waals surface area contributed by atoms with Gasteiger partial charge >= 0.3 is 0 Å². The van der Waals surface area contributed by atoms with Crippen LogP contribution in [-0.4, -0.2) is 47.5 Å². The predicted molar refractivity (Wildman–Crippen MR) is 68.2 cm³/mol. The smallest absolute Gasteiger partial charge is 0.267 e. The van der Waals surface area contributed by atoms with E-state index in [0.29, 0.717) is 25.1 Å². The number of likely N-dealkylation sites (tertiary alicyclic amines) is 1. The minimum absolute atomic E-state index is 0.130. The molecule has 104 valence electrons. The molecule has 0 aromatic carbocycles. The lowest BCUT2D eigenvalue weighted by Crippen LogP contribution is -2.46. The number of rotatable bonds is 4. The van der Waals surface area contributed by atoms with E-state index in [9.17, 15) is 14.4 Å². The van der Waals surface area contributed by atoms with Crippen molar-refractivity contribution in [3.8, 4) is 0 Å². The van der Waals surface area contributed by atoms with E-state index in [-0.39, 0.29) is 30.2 Å². The van der Waals surface area contributed by atoms with Gasteiger partial charge < -0.3 is 10.2 Å². The van der Waals surface area contributed by atoms with Gasteiger partial charge in [0.2, 0.25) is 11.8 Å². The summed E-state index contributed by atoms with van der Waals surface area (Å²) in [7, 11) is 0. The van der Waals surface area contributed by atoms with E-state index in [1.54, 1.807) is 4.90 Å². The van der Waals surface area contributed by atoms with E-state index < -0.39 is 0 Å². The number of nitrogens with zero attached hydrogens (tertiary/aromatic N) is 2. The van der Waals surface area contributed by atoms with Crippen molar-refractivity contribution < 1.29 is 14.4 Å². The van der Waals surface area contributed by atoms with Crippen LogP contribution in [-0.2, 0) is 14.4 Å². The Morgan fingerprint density at radius 1 is 1.42 bits per heavy atom. The lowest BCUT2D eigenvalue weighted by atomic mass is 10.1. The molecule has 0 radical (unpaired) electrons. The highest BCUT2D eigenvalue weighted by molar-refractivity contribution is 6.39. The summed E-state index contributed by atoms with van der Waals surface area (Å²) >= 11 is 0. The van der Waals surface area contributed by atoms with Gasteiger partial charge in [-0.25, -0.2) is 5.43 Å². The quantitative estimate of drug-likeness (QED) is 0.710. The Kier molecular flexibility index (Phi) is 4.13. The molecule has 0 aromatic rings. The minimum atomic E-state index is -0.279. The molecule has 7 nitrogen and oxygen atoms in total. The van der Waals surface area contributed by atoms with Gasteiger partial charge in [0.25, 0.3) is 5.91 Å². The van der Waals surface area contributed by atoms with E-state index in [4.69, 9.17) is 0 Å². The normalized spacial score (nSPS) is 20.9. The summed E-state index contributed by atoms with van der Waals surface area (Å²) in [5, 5.41) is 6.53. The van der Waals surface area contributed by atoms with Crippen LogP contribution in [0, 0.1) is 0 Å². The van der Waals surface area contributed by atoms with Gasteiger partial charge in [-0.1, -0.05) is 0 Å². The fourth-order valence-electron chi connectivity index (χ4n) is 2.22. The van der Waals surface area contributed by atoms with E-state index in [0.717, 1.165) is 13.0 Å². The molecular weight excluding hydrogens is 248 g/mol. The molecular formula is C12H18N4O3. The van der Waals surface area contributed by atoms with Gasteiger partial charge in [-0.05, 0) is 13.3 Å². The molecule has 2 aliphatic heterocycles. The van der Waals surface area contributed by atoms with Crippen molar-refractivity contribution in [2.45, 2.75) is 38.6 Å². The zero-order chi connectivity index (χ0) is 13.8. The van der Waals surface area contributed by atoms with Gasteiger partial charge in [0.05, 0.1) is 0 Å². The van der Waals surface area contributed by atoms with Crippen LogP contribution < -0.4 is 10.7 Å². The Hall–Kier alpha value is -1.92. The molecule has 2 aliphatic rings. The molecule has 1 atom stereocenters. The number of hydrazone groups is 1. The Bertz CT molecular complexity index is 433. The van der Waals surface area contributed by atoms with Crippen LogP contribution in [0.3, 0.4) is 0 Å². The number of nitrogens with one attached hydrogen (secondary N) is 2. The van der Waals surface area contributed by atoms with Gasteiger partial charge in [0.1, 0.15) is 5.71 Å². The van der Waals surface area contributed by atoms with E-state index >= 15 is 0 Å². The summed E-state index contributed by atoms with van der Waals surface area (Å²) in [5.41, 5.74) is 2.62. The van der Waals surface area contributed by atoms with Crippen molar-refractivity contribution in [3.05, 3.63) is 0 Å². The maximum absolute atomic E-state index is 11.9. The molecule has 2 N–H and O–H groups in total. The molecule has 0 aliphatic carbocycles. The number of amides is 3. The Morgan fingerprint density at radius 2 is 2.21 bits per heavy atom. The Morgan fingerprint density at radius 3 is 2.79 bits per heavy atom. The summed E-state index contributed by atoms with van der Waals surface area (Å²) in [6.07, 6.45) is 2.12. The maximum atomic E-state index is 11.9. The van der Waals surface area contributed by atoms with Crippen molar-refractivity contribution in [1.82, 2.24) is 15.6 Å². The van der Waals surface area contributed by atoms with E-state index in [1.807, 2.05) is 6.92 Å². The average Bonchev–Trinajstić information content (AvgIpc) is 2.75. The predicted octanol–water partition coefficient (Wildman–Crippen LogP) is -0.620. The van der Waals surface area contributed by atoms with E-state index in [1.165, 1.54) is 0 Å². The van der Waals surface area contributed by atoms with Crippen LogP contribution in [0.5, 0.6) is 0 Å². The third-order valence-electron chi connectivity index (χ3n) is 3.21. The van der Waals surface area contributed by atoms with Crippen LogP contribution in [0.25, 0.3) is 0 Å². The molecule has 1 saturated heterocycles. The molecule has 1 unspecified atom stereocenters. The molecule has 0 saturated carbocycles. The third-order valence-corrected chi connectivity index (χ3v) is 3.21. The van der Waals surface area contributed by atoms with Gasteiger partial charge in [0.15, 0.2) is 0 Å². The van der Waals surface area contributed by atoms with E-state index in [2.05, 4.69) is 15.8 Å². The first-order valence-electron chi connectivity index (χ1n) is 6.50. The molecule has 7 heteroatoms. The van der Waals surface area contributed by atoms with Gasteiger partial charge in [0, 0.05) is 38.4 Å². The van der Waals surface area contributed by atoms with Crippen LogP contribution >= 0.6 is 0 Å². The fraction of sp³-hybridized carbons (Fsp3) is 0.667. The number of hydrogen-bond acceptors (Lipinski definition) is 4. The lowest BCUT2D eigenvalue weighted by molar-refractivity contribution is -0.128. The second-order valence-corrected chi connectivity index (χ2v) is 4.91. The number of carbonyl (C=O) groups is 3. The standard InChI is InChI=1S/C12H18N4O3/c1-8(7-16-6-2-3-11(16)18)13-12(19)9-4-5-10(17)15-14-9/h8H,2-7H2,1H3,(H,13,19)(H,15,17). The number of carbonyl (C=O) groups excluding carboxylic acids is 3. The van der Waals surface area contributed by atoms with Crippen LogP contribution in [0.4, 0.5) is 0 Å². The molecule has 2 heterocycles. The van der Waals surface area contributed by atoms with Crippen LogP contribution in [0.15, 0.2) is 5.10 Å². The topological polar surface area (TPSA) is 90.9 Å². The second-order valence-electron chi connectivity index (χ2n) is 4.91. The molecule has 2 rings (SSSR count). The second kappa shape index (κ2) is 5.81. The zero-order valence-electron chi connectivity index (χ0n) is 10.9. The summed E-state index contributed by atoms with van der Waals surface area (Å²) in [6, 6.07) is -0.130. The summed E-state index contributed by atoms with van der Waals surface area (Å²) < 4.78 is 0. The first-order chi connectivity index (χ1) is 9.06. The Labute approximate surface area is 111 Å². The van der Waals surface area contributed by atoms with Crippen molar-refractivity contribution in [2.24, 2.45) is 5.10 Å². The highest BCUT2D eigenvalue weighted by Gasteiger charge is 2.24. The highest BCUT2D eigenvalue weighted by atomic mass is 16.2. The number of hydrogen-bond donors (Lipinski definition) is 2. The highest BCUT2D eigenvalue weighted by Crippen LogP contribution is 2.09. The van der Waals surface area contributed by atoms with Crippen molar-refractivity contribution in [2.75, 3.05) is 13.1 Å². The maximum Gasteiger partial charge on any atom is 0.267 e. The minimum Gasteiger partial charge on any atom is -0.347 e. The summed E-state index contributed by atoms with van der Waals surface area (Å²) in [5.74, 6) is -0.310. The van der Waals surface area contributed by atoms with Gasteiger partial charge in [-0.15, -0.1) is 0 Å². The van der Waals surface area contributed by atoms with Crippen LogP contribution in [0.2, 0.25) is 0 Å². The molecule has 3 amide bonds. The Balaban J connectivity index is 1.81. The summed E-state index contributed by atoms with van der Waals surface area (Å²) in [4.78, 5) is 36.0. The molecule has 1 fully saturated rings. The first-order valence-corrected chi connectivity index (χ1v) is 6.50. The molecule has 19 heavy (non-hydrogen) atoms. The van der Waals surface area contributed by atoms with Crippen molar-refractivity contribution in [3.63, 3.8) is 0 Å². The largest absolute Gasteiger partial charge is 0.347 e. The van der Waals surface area contributed by atoms with Crippen LogP contribution in [0.1, 0.15) is 32.6 Å². The first kappa shape index (κ1) is 13.5. The zero-order valence-corrected chi connectivity index (χ0v) is 10.9. The monoisotopic (exact) mass is 266 g/mol. The molecule has 0 spiro atoms. The average molecular weight is 266 g/mol. The lowest BCUT2D eigenvalue weighted by Gasteiger charge is -2.22. The fourth-order valence-corrected chi connectivity index (χ4v) is 2.22. The molecule has 0 bridgehead atoms.